The maximum absolute atomic E-state index is 12.3. The lowest BCUT2D eigenvalue weighted by atomic mass is 10.1. The molecular formula is C24H24ClN3O3S. The SMILES string of the molecule is CCc1nc(/C=C/C(=O)NCC2Cc3cc(-c4ccc(C(C)=O)s4)cc(Cl)c3O2)c(C)[nH]1. The van der Waals surface area contributed by atoms with E-state index in [1.165, 1.54) is 17.4 Å². The molecule has 2 N–H and O–H groups in total. The summed E-state index contributed by atoms with van der Waals surface area (Å²) < 4.78 is 5.98. The van der Waals surface area contributed by atoms with Crippen LogP contribution in [0.5, 0.6) is 5.75 Å². The summed E-state index contributed by atoms with van der Waals surface area (Å²) in [7, 11) is 0. The van der Waals surface area contributed by atoms with Gasteiger partial charge >= 0.3 is 0 Å². The van der Waals surface area contributed by atoms with Crippen LogP contribution >= 0.6 is 22.9 Å². The molecule has 0 saturated heterocycles. The molecule has 1 aromatic carbocycles. The molecule has 2 aromatic heterocycles. The first-order valence-corrected chi connectivity index (χ1v) is 11.6. The van der Waals surface area contributed by atoms with Crippen molar-refractivity contribution in [2.24, 2.45) is 0 Å². The van der Waals surface area contributed by atoms with Crippen LogP contribution in [0.1, 0.15) is 46.3 Å². The van der Waals surface area contributed by atoms with E-state index in [2.05, 4.69) is 15.3 Å². The second kappa shape index (κ2) is 9.30. The molecule has 0 aliphatic carbocycles. The number of carbonyl (C=O) groups is 2. The van der Waals surface area contributed by atoms with Gasteiger partial charge in [0.2, 0.25) is 5.91 Å². The largest absolute Gasteiger partial charge is 0.486 e. The van der Waals surface area contributed by atoms with Crippen molar-refractivity contribution in [1.82, 2.24) is 15.3 Å². The number of aromatic amines is 1. The van der Waals surface area contributed by atoms with Crippen molar-refractivity contribution in [3.8, 4) is 16.2 Å². The van der Waals surface area contributed by atoms with Gasteiger partial charge in [-0.2, -0.15) is 0 Å². The number of nitrogens with zero attached hydrogens (tertiary/aromatic N) is 1. The summed E-state index contributed by atoms with van der Waals surface area (Å²) in [4.78, 5) is 33.2. The summed E-state index contributed by atoms with van der Waals surface area (Å²) in [6.45, 7) is 5.89. The molecule has 1 unspecified atom stereocenters. The van der Waals surface area contributed by atoms with E-state index in [1.54, 1.807) is 13.0 Å². The standard InChI is InChI=1S/C24H24ClN3O3S/c1-4-22-27-13(2)19(28-22)5-8-23(30)26-12-17-10-16-9-15(11-18(25)24(16)31-17)21-7-6-20(32-21)14(3)29/h5-9,11,17H,4,10,12H2,1-3H3,(H,26,30)(H,27,28)/b8-5+. The first-order chi connectivity index (χ1) is 15.3. The van der Waals surface area contributed by atoms with Gasteiger partial charge in [0.15, 0.2) is 5.78 Å². The molecule has 1 amide bonds. The van der Waals surface area contributed by atoms with Crippen molar-refractivity contribution in [1.29, 1.82) is 0 Å². The normalized spacial score (nSPS) is 15.1. The number of aromatic nitrogens is 2. The van der Waals surface area contributed by atoms with Gasteiger partial charge in [-0.3, -0.25) is 9.59 Å². The molecule has 3 heterocycles. The number of Topliss-reactive ketones (excluding diaryl/α,β-unsaturated/α-hetero) is 1. The Balaban J connectivity index is 1.38. The minimum absolute atomic E-state index is 0.0509. The lowest BCUT2D eigenvalue weighted by molar-refractivity contribution is -0.116. The summed E-state index contributed by atoms with van der Waals surface area (Å²) in [5.41, 5.74) is 3.66. The summed E-state index contributed by atoms with van der Waals surface area (Å²) in [5.74, 6) is 1.41. The number of ketones is 1. The van der Waals surface area contributed by atoms with Crippen LogP contribution in [0.4, 0.5) is 0 Å². The Bertz CT molecular complexity index is 1210. The maximum Gasteiger partial charge on any atom is 0.244 e. The van der Waals surface area contributed by atoms with Gasteiger partial charge in [0.1, 0.15) is 17.7 Å². The quantitative estimate of drug-likeness (QED) is 0.377. The fourth-order valence-corrected chi connectivity index (χ4v) is 4.79. The molecule has 0 radical (unpaired) electrons. The number of hydrogen-bond acceptors (Lipinski definition) is 5. The lowest BCUT2D eigenvalue weighted by Crippen LogP contribution is -2.33. The van der Waals surface area contributed by atoms with E-state index in [9.17, 15) is 9.59 Å². The number of amides is 1. The van der Waals surface area contributed by atoms with Crippen molar-refractivity contribution in [2.45, 2.75) is 39.7 Å². The molecule has 1 atom stereocenters. The highest BCUT2D eigenvalue weighted by atomic mass is 35.5. The van der Waals surface area contributed by atoms with Gasteiger partial charge in [-0.15, -0.1) is 11.3 Å². The van der Waals surface area contributed by atoms with Crippen LogP contribution in [0.15, 0.2) is 30.3 Å². The number of halogens is 1. The number of benzene rings is 1. The third-order valence-electron chi connectivity index (χ3n) is 5.29. The van der Waals surface area contributed by atoms with Gasteiger partial charge in [0.25, 0.3) is 0 Å². The van der Waals surface area contributed by atoms with Gasteiger partial charge in [-0.05, 0) is 49.8 Å². The van der Waals surface area contributed by atoms with Crippen LogP contribution in [0.2, 0.25) is 5.02 Å². The number of fused-ring (bicyclic) bond motifs is 1. The van der Waals surface area contributed by atoms with E-state index >= 15 is 0 Å². The van der Waals surface area contributed by atoms with Crippen molar-refractivity contribution in [3.05, 3.63) is 63.0 Å². The average molecular weight is 470 g/mol. The van der Waals surface area contributed by atoms with Crippen LogP contribution < -0.4 is 10.1 Å². The van der Waals surface area contributed by atoms with Crippen LogP contribution in [0, 0.1) is 6.92 Å². The fraction of sp³-hybridized carbons (Fsp3) is 0.292. The number of hydrogen-bond donors (Lipinski definition) is 2. The van der Waals surface area contributed by atoms with Crippen LogP contribution in [0.25, 0.3) is 16.5 Å². The van der Waals surface area contributed by atoms with E-state index in [0.29, 0.717) is 23.7 Å². The van der Waals surface area contributed by atoms with Gasteiger partial charge in [-0.25, -0.2) is 4.98 Å². The lowest BCUT2D eigenvalue weighted by Gasteiger charge is -2.11. The van der Waals surface area contributed by atoms with Crippen molar-refractivity contribution in [2.75, 3.05) is 6.54 Å². The van der Waals surface area contributed by atoms with Crippen molar-refractivity contribution in [3.63, 3.8) is 0 Å². The topological polar surface area (TPSA) is 84.1 Å². The maximum atomic E-state index is 12.3. The monoisotopic (exact) mass is 469 g/mol. The Labute approximate surface area is 195 Å². The summed E-state index contributed by atoms with van der Waals surface area (Å²) in [6, 6.07) is 7.67. The van der Waals surface area contributed by atoms with Crippen LogP contribution in [-0.4, -0.2) is 34.3 Å². The number of ether oxygens (including phenoxy) is 1. The highest BCUT2D eigenvalue weighted by Gasteiger charge is 2.26. The summed E-state index contributed by atoms with van der Waals surface area (Å²) >= 11 is 7.92. The molecule has 1 aliphatic heterocycles. The second-order valence-electron chi connectivity index (χ2n) is 7.74. The molecule has 4 rings (SSSR count). The summed E-state index contributed by atoms with van der Waals surface area (Å²) in [6.07, 6.45) is 4.47. The second-order valence-corrected chi connectivity index (χ2v) is 9.23. The van der Waals surface area contributed by atoms with Gasteiger partial charge in [-0.1, -0.05) is 18.5 Å². The fourth-order valence-electron chi connectivity index (χ4n) is 3.62. The van der Waals surface area contributed by atoms with E-state index in [-0.39, 0.29) is 17.8 Å². The van der Waals surface area contributed by atoms with Gasteiger partial charge in [0, 0.05) is 35.1 Å². The van der Waals surface area contributed by atoms with Crippen LogP contribution in [-0.2, 0) is 17.6 Å². The molecule has 0 saturated carbocycles. The number of aryl methyl sites for hydroxylation is 2. The van der Waals surface area contributed by atoms with E-state index in [0.717, 1.165) is 44.5 Å². The molecule has 0 spiro atoms. The Morgan fingerprint density at radius 3 is 2.88 bits per heavy atom. The highest BCUT2D eigenvalue weighted by Crippen LogP contribution is 2.41. The molecule has 166 valence electrons. The highest BCUT2D eigenvalue weighted by molar-refractivity contribution is 7.17. The Hall–Kier alpha value is -2.90. The van der Waals surface area contributed by atoms with Crippen molar-refractivity contribution >= 4 is 40.7 Å². The third kappa shape index (κ3) is 4.79. The Morgan fingerprint density at radius 1 is 1.38 bits per heavy atom. The zero-order valence-electron chi connectivity index (χ0n) is 18.1. The van der Waals surface area contributed by atoms with Gasteiger partial charge in [0.05, 0.1) is 22.1 Å². The zero-order chi connectivity index (χ0) is 22.8. The van der Waals surface area contributed by atoms with Crippen LogP contribution in [0.3, 0.4) is 0 Å². The molecule has 6 nitrogen and oxygen atoms in total. The Kier molecular flexibility index (Phi) is 6.48. The molecule has 32 heavy (non-hydrogen) atoms. The minimum Gasteiger partial charge on any atom is -0.486 e. The first kappa shape index (κ1) is 22.3. The molecule has 8 heteroatoms. The molecule has 3 aromatic rings. The molecule has 0 bridgehead atoms. The third-order valence-corrected chi connectivity index (χ3v) is 6.81. The van der Waals surface area contributed by atoms with E-state index in [4.69, 9.17) is 16.3 Å². The minimum atomic E-state index is -0.202. The smallest absolute Gasteiger partial charge is 0.244 e. The number of imidazole rings is 1. The van der Waals surface area contributed by atoms with E-state index in [1.807, 2.05) is 38.1 Å². The molecule has 1 aliphatic rings. The summed E-state index contributed by atoms with van der Waals surface area (Å²) in [5, 5.41) is 3.42. The molecular weight excluding hydrogens is 446 g/mol. The Morgan fingerprint density at radius 2 is 2.19 bits per heavy atom. The average Bonchev–Trinajstić information content (AvgIpc) is 3.48. The zero-order valence-corrected chi connectivity index (χ0v) is 19.7. The molecule has 0 fully saturated rings. The van der Waals surface area contributed by atoms with Crippen molar-refractivity contribution < 1.29 is 14.3 Å². The number of thiophene rings is 1. The number of H-pyrrole nitrogens is 1. The number of rotatable bonds is 7. The van der Waals surface area contributed by atoms with E-state index < -0.39 is 0 Å². The predicted molar refractivity (Wildman–Crippen MR) is 128 cm³/mol. The van der Waals surface area contributed by atoms with Gasteiger partial charge < -0.3 is 15.0 Å². The predicted octanol–water partition coefficient (Wildman–Crippen LogP) is 5.00. The number of nitrogens with one attached hydrogen (secondary N) is 2. The number of carbonyl (C=O) groups excluding carboxylic acids is 2. The first-order valence-electron chi connectivity index (χ1n) is 10.5.